The SMILES string of the molecule is CC(NC(=O)c1ccc(F)cc1Br)c1cccc(O)c1. The number of aromatic hydroxyl groups is 1. The fourth-order valence-corrected chi connectivity index (χ4v) is 2.36. The number of hydrogen-bond donors (Lipinski definition) is 2. The Balaban J connectivity index is 2.15. The molecule has 0 fully saturated rings. The van der Waals surface area contributed by atoms with Crippen molar-refractivity contribution in [1.29, 1.82) is 0 Å². The molecule has 2 aromatic rings. The standard InChI is InChI=1S/C15H13BrFNO2/c1-9(10-3-2-4-12(19)7-10)18-15(20)13-6-5-11(17)8-14(13)16/h2-9,19H,1H3,(H,18,20). The highest BCUT2D eigenvalue weighted by Gasteiger charge is 2.14. The summed E-state index contributed by atoms with van der Waals surface area (Å²) < 4.78 is 13.4. The first kappa shape index (κ1) is 14.5. The van der Waals surface area contributed by atoms with E-state index in [2.05, 4.69) is 21.2 Å². The molecule has 2 rings (SSSR count). The van der Waals surface area contributed by atoms with Crippen LogP contribution in [0.5, 0.6) is 5.75 Å². The van der Waals surface area contributed by atoms with Crippen LogP contribution in [-0.4, -0.2) is 11.0 Å². The smallest absolute Gasteiger partial charge is 0.252 e. The van der Waals surface area contributed by atoms with Gasteiger partial charge in [0.25, 0.3) is 5.91 Å². The summed E-state index contributed by atoms with van der Waals surface area (Å²) in [6.07, 6.45) is 0. The molecule has 1 amide bonds. The lowest BCUT2D eigenvalue weighted by molar-refractivity contribution is 0.0939. The predicted molar refractivity (Wildman–Crippen MR) is 78.1 cm³/mol. The van der Waals surface area contributed by atoms with E-state index in [0.29, 0.717) is 10.0 Å². The highest BCUT2D eigenvalue weighted by molar-refractivity contribution is 9.10. The Hall–Kier alpha value is -1.88. The number of amides is 1. The van der Waals surface area contributed by atoms with Crippen LogP contribution in [0.15, 0.2) is 46.9 Å². The summed E-state index contributed by atoms with van der Waals surface area (Å²) in [5.74, 6) is -0.575. The summed E-state index contributed by atoms with van der Waals surface area (Å²) in [6.45, 7) is 1.81. The summed E-state index contributed by atoms with van der Waals surface area (Å²) in [4.78, 5) is 12.1. The highest BCUT2D eigenvalue weighted by atomic mass is 79.9. The van der Waals surface area contributed by atoms with Gasteiger partial charge in [0.1, 0.15) is 11.6 Å². The number of hydrogen-bond acceptors (Lipinski definition) is 2. The van der Waals surface area contributed by atoms with Gasteiger partial charge in [-0.15, -0.1) is 0 Å². The second-order valence-electron chi connectivity index (χ2n) is 4.41. The van der Waals surface area contributed by atoms with Gasteiger partial charge in [-0.2, -0.15) is 0 Å². The van der Waals surface area contributed by atoms with Crippen molar-refractivity contribution in [1.82, 2.24) is 5.32 Å². The van der Waals surface area contributed by atoms with E-state index >= 15 is 0 Å². The monoisotopic (exact) mass is 337 g/mol. The Morgan fingerprint density at radius 1 is 1.30 bits per heavy atom. The van der Waals surface area contributed by atoms with Gasteiger partial charge in [0.15, 0.2) is 0 Å². The second kappa shape index (κ2) is 6.05. The molecule has 0 aromatic heterocycles. The average Bonchev–Trinajstić information content (AvgIpc) is 2.38. The molecular weight excluding hydrogens is 325 g/mol. The van der Waals surface area contributed by atoms with E-state index in [9.17, 15) is 14.3 Å². The van der Waals surface area contributed by atoms with Crippen LogP contribution in [0.2, 0.25) is 0 Å². The zero-order valence-corrected chi connectivity index (χ0v) is 12.3. The van der Waals surface area contributed by atoms with Gasteiger partial charge in [-0.3, -0.25) is 4.79 Å². The topological polar surface area (TPSA) is 49.3 Å². The molecular formula is C15H13BrFNO2. The maximum atomic E-state index is 13.0. The lowest BCUT2D eigenvalue weighted by Gasteiger charge is -2.15. The van der Waals surface area contributed by atoms with Crippen molar-refractivity contribution < 1.29 is 14.3 Å². The quantitative estimate of drug-likeness (QED) is 0.895. The number of carbonyl (C=O) groups is 1. The van der Waals surface area contributed by atoms with Crippen LogP contribution in [0.1, 0.15) is 28.9 Å². The molecule has 0 radical (unpaired) electrons. The van der Waals surface area contributed by atoms with E-state index in [1.165, 1.54) is 18.2 Å². The minimum atomic E-state index is -0.408. The van der Waals surface area contributed by atoms with Crippen molar-refractivity contribution in [2.45, 2.75) is 13.0 Å². The van der Waals surface area contributed by atoms with Crippen molar-refractivity contribution >= 4 is 21.8 Å². The number of halogens is 2. The third kappa shape index (κ3) is 3.36. The van der Waals surface area contributed by atoms with Gasteiger partial charge in [0.2, 0.25) is 0 Å². The largest absolute Gasteiger partial charge is 0.508 e. The minimum Gasteiger partial charge on any atom is -0.508 e. The van der Waals surface area contributed by atoms with Gasteiger partial charge in [-0.05, 0) is 58.7 Å². The first-order valence-electron chi connectivity index (χ1n) is 6.02. The number of rotatable bonds is 3. The molecule has 0 aliphatic carbocycles. The molecule has 104 valence electrons. The summed E-state index contributed by atoms with van der Waals surface area (Å²) in [7, 11) is 0. The zero-order valence-electron chi connectivity index (χ0n) is 10.7. The van der Waals surface area contributed by atoms with Gasteiger partial charge >= 0.3 is 0 Å². The predicted octanol–water partition coefficient (Wildman–Crippen LogP) is 3.78. The fraction of sp³-hybridized carbons (Fsp3) is 0.133. The lowest BCUT2D eigenvalue weighted by Crippen LogP contribution is -2.26. The van der Waals surface area contributed by atoms with Gasteiger partial charge < -0.3 is 10.4 Å². The third-order valence-electron chi connectivity index (χ3n) is 2.89. The lowest BCUT2D eigenvalue weighted by atomic mass is 10.1. The van der Waals surface area contributed by atoms with Crippen molar-refractivity contribution in [2.24, 2.45) is 0 Å². The van der Waals surface area contributed by atoms with E-state index in [-0.39, 0.29) is 17.7 Å². The van der Waals surface area contributed by atoms with Crippen LogP contribution < -0.4 is 5.32 Å². The Morgan fingerprint density at radius 3 is 2.70 bits per heavy atom. The fourth-order valence-electron chi connectivity index (χ4n) is 1.83. The molecule has 1 unspecified atom stereocenters. The molecule has 2 aromatic carbocycles. The summed E-state index contributed by atoms with van der Waals surface area (Å²) in [5.41, 5.74) is 1.15. The van der Waals surface area contributed by atoms with Crippen LogP contribution in [0.25, 0.3) is 0 Å². The molecule has 5 heteroatoms. The normalized spacial score (nSPS) is 11.9. The van der Waals surface area contributed by atoms with Gasteiger partial charge in [0.05, 0.1) is 11.6 Å². The molecule has 20 heavy (non-hydrogen) atoms. The van der Waals surface area contributed by atoms with Gasteiger partial charge in [-0.25, -0.2) is 4.39 Å². The second-order valence-corrected chi connectivity index (χ2v) is 5.27. The molecule has 0 aliphatic heterocycles. The molecule has 1 atom stereocenters. The number of nitrogens with one attached hydrogen (secondary N) is 1. The minimum absolute atomic E-state index is 0.145. The Kier molecular flexibility index (Phi) is 4.39. The number of carbonyl (C=O) groups excluding carboxylic acids is 1. The Morgan fingerprint density at radius 2 is 2.05 bits per heavy atom. The Bertz CT molecular complexity index is 646. The van der Waals surface area contributed by atoms with Crippen molar-refractivity contribution in [3.8, 4) is 5.75 Å². The van der Waals surface area contributed by atoms with Crippen LogP contribution in [0.3, 0.4) is 0 Å². The molecule has 0 aliphatic rings. The first-order valence-corrected chi connectivity index (χ1v) is 6.81. The van der Waals surface area contributed by atoms with E-state index < -0.39 is 5.82 Å². The third-order valence-corrected chi connectivity index (χ3v) is 3.55. The van der Waals surface area contributed by atoms with E-state index in [4.69, 9.17) is 0 Å². The number of benzene rings is 2. The van der Waals surface area contributed by atoms with Crippen LogP contribution in [-0.2, 0) is 0 Å². The molecule has 0 saturated heterocycles. The average molecular weight is 338 g/mol. The maximum absolute atomic E-state index is 13.0. The molecule has 0 saturated carbocycles. The molecule has 3 nitrogen and oxygen atoms in total. The summed E-state index contributed by atoms with van der Waals surface area (Å²) >= 11 is 3.16. The van der Waals surface area contributed by atoms with E-state index in [1.807, 2.05) is 13.0 Å². The maximum Gasteiger partial charge on any atom is 0.252 e. The summed E-state index contributed by atoms with van der Waals surface area (Å²) in [6, 6.07) is 10.3. The first-order chi connectivity index (χ1) is 9.47. The molecule has 0 bridgehead atoms. The van der Waals surface area contributed by atoms with Crippen LogP contribution in [0, 0.1) is 5.82 Å². The molecule has 2 N–H and O–H groups in total. The molecule has 0 heterocycles. The number of phenolic OH excluding ortho intramolecular Hbond substituents is 1. The van der Waals surface area contributed by atoms with Crippen molar-refractivity contribution in [3.63, 3.8) is 0 Å². The zero-order chi connectivity index (χ0) is 14.7. The summed E-state index contributed by atoms with van der Waals surface area (Å²) in [5, 5.41) is 12.2. The van der Waals surface area contributed by atoms with Crippen molar-refractivity contribution in [3.05, 3.63) is 63.9 Å². The van der Waals surface area contributed by atoms with Gasteiger partial charge in [-0.1, -0.05) is 12.1 Å². The Labute approximate surface area is 124 Å². The van der Waals surface area contributed by atoms with E-state index in [1.54, 1.807) is 18.2 Å². The highest BCUT2D eigenvalue weighted by Crippen LogP contribution is 2.21. The molecule has 0 spiro atoms. The van der Waals surface area contributed by atoms with Crippen LogP contribution in [0.4, 0.5) is 4.39 Å². The van der Waals surface area contributed by atoms with Crippen LogP contribution >= 0.6 is 15.9 Å². The van der Waals surface area contributed by atoms with Gasteiger partial charge in [0, 0.05) is 4.47 Å². The van der Waals surface area contributed by atoms with Crippen molar-refractivity contribution in [2.75, 3.05) is 0 Å². The van der Waals surface area contributed by atoms with E-state index in [0.717, 1.165) is 5.56 Å². The number of phenols is 1.